The summed E-state index contributed by atoms with van der Waals surface area (Å²) in [6.45, 7) is 8.34. The summed E-state index contributed by atoms with van der Waals surface area (Å²) >= 11 is 0. The van der Waals surface area contributed by atoms with E-state index in [1.165, 1.54) is 0 Å². The third-order valence-electron chi connectivity index (χ3n) is 4.25. The molecular weight excluding hydrogens is 274 g/mol. The molecule has 4 unspecified atom stereocenters. The Morgan fingerprint density at radius 1 is 1.25 bits per heavy atom. The van der Waals surface area contributed by atoms with Crippen LogP contribution >= 0.6 is 0 Å². The van der Waals surface area contributed by atoms with Crippen LogP contribution in [0.1, 0.15) is 32.4 Å². The average molecular weight is 295 g/mol. The van der Waals surface area contributed by atoms with Crippen LogP contribution in [0.2, 0.25) is 0 Å². The molecule has 3 rings (SSSR count). The van der Waals surface area contributed by atoms with Crippen LogP contribution in [-0.2, 0) is 10.8 Å². The van der Waals surface area contributed by atoms with E-state index in [-0.39, 0.29) is 11.3 Å². The van der Waals surface area contributed by atoms with Crippen molar-refractivity contribution in [1.82, 2.24) is 5.32 Å². The zero-order chi connectivity index (χ0) is 14.3. The molecule has 0 radical (unpaired) electrons. The maximum absolute atomic E-state index is 12.6. The predicted octanol–water partition coefficient (Wildman–Crippen LogP) is 2.25. The van der Waals surface area contributed by atoms with Gasteiger partial charge in [0.2, 0.25) is 0 Å². The monoisotopic (exact) mass is 295 g/mol. The highest BCUT2D eigenvalue weighted by atomic mass is 32.2. The molecular formula is C15H21NO3S. The summed E-state index contributed by atoms with van der Waals surface area (Å²) in [5.74, 6) is 1.82. The highest BCUT2D eigenvalue weighted by Crippen LogP contribution is 2.43. The van der Waals surface area contributed by atoms with E-state index >= 15 is 0 Å². The van der Waals surface area contributed by atoms with Crippen molar-refractivity contribution in [3.05, 3.63) is 17.7 Å². The standard InChI is InChI=1S/C15H21NO3S/c1-4-16-15-9(2)10(3)20(17)14-8-13-12(7-11(14)15)18-5-6-19-13/h7-10,15-16H,4-6H2,1-3H3. The minimum Gasteiger partial charge on any atom is -0.486 e. The first kappa shape index (κ1) is 13.9. The lowest BCUT2D eigenvalue weighted by atomic mass is 9.91. The van der Waals surface area contributed by atoms with Crippen molar-refractivity contribution in [3.63, 3.8) is 0 Å². The van der Waals surface area contributed by atoms with E-state index in [2.05, 4.69) is 26.1 Å². The van der Waals surface area contributed by atoms with Gasteiger partial charge in [0, 0.05) is 22.3 Å². The summed E-state index contributed by atoms with van der Waals surface area (Å²) in [7, 11) is -0.988. The lowest BCUT2D eigenvalue weighted by Gasteiger charge is -2.36. The van der Waals surface area contributed by atoms with Gasteiger partial charge in [0.15, 0.2) is 11.5 Å². The summed E-state index contributed by atoms with van der Waals surface area (Å²) in [5, 5.41) is 3.65. The van der Waals surface area contributed by atoms with E-state index in [4.69, 9.17) is 9.47 Å². The highest BCUT2D eigenvalue weighted by molar-refractivity contribution is 7.85. The predicted molar refractivity (Wildman–Crippen MR) is 78.9 cm³/mol. The summed E-state index contributed by atoms with van der Waals surface area (Å²) in [6.07, 6.45) is 0. The fraction of sp³-hybridized carbons (Fsp3) is 0.600. The molecule has 2 aliphatic heterocycles. The zero-order valence-corrected chi connectivity index (χ0v) is 13.0. The first-order valence-electron chi connectivity index (χ1n) is 7.21. The Bertz CT molecular complexity index is 546. The van der Waals surface area contributed by atoms with Gasteiger partial charge in [-0.15, -0.1) is 0 Å². The minimum atomic E-state index is -0.988. The van der Waals surface area contributed by atoms with Crippen LogP contribution in [0.4, 0.5) is 0 Å². The molecule has 5 heteroatoms. The molecule has 0 amide bonds. The van der Waals surface area contributed by atoms with Gasteiger partial charge in [-0.25, -0.2) is 0 Å². The van der Waals surface area contributed by atoms with Gasteiger partial charge in [-0.3, -0.25) is 4.21 Å². The molecule has 2 aliphatic rings. The van der Waals surface area contributed by atoms with Crippen LogP contribution in [0.15, 0.2) is 17.0 Å². The van der Waals surface area contributed by atoms with Crippen molar-refractivity contribution in [1.29, 1.82) is 0 Å². The Labute approximate surface area is 122 Å². The molecule has 110 valence electrons. The van der Waals surface area contributed by atoms with E-state index < -0.39 is 10.8 Å². The molecule has 1 aromatic rings. The van der Waals surface area contributed by atoms with E-state index in [1.54, 1.807) is 0 Å². The maximum atomic E-state index is 12.6. The largest absolute Gasteiger partial charge is 0.486 e. The van der Waals surface area contributed by atoms with Crippen molar-refractivity contribution in [2.45, 2.75) is 37.0 Å². The Kier molecular flexibility index (Phi) is 3.73. The van der Waals surface area contributed by atoms with Crippen molar-refractivity contribution in [3.8, 4) is 11.5 Å². The van der Waals surface area contributed by atoms with Crippen LogP contribution in [0.3, 0.4) is 0 Å². The quantitative estimate of drug-likeness (QED) is 0.909. The second kappa shape index (κ2) is 5.37. The molecule has 0 spiro atoms. The van der Waals surface area contributed by atoms with E-state index in [9.17, 15) is 4.21 Å². The van der Waals surface area contributed by atoms with Crippen LogP contribution in [0.5, 0.6) is 11.5 Å². The van der Waals surface area contributed by atoms with E-state index in [0.717, 1.165) is 28.5 Å². The molecule has 4 nitrogen and oxygen atoms in total. The lowest BCUT2D eigenvalue weighted by molar-refractivity contribution is 0.170. The molecule has 0 aliphatic carbocycles. The molecule has 0 saturated carbocycles. The number of fused-ring (bicyclic) bond motifs is 2. The van der Waals surface area contributed by atoms with Crippen molar-refractivity contribution >= 4 is 10.8 Å². The Morgan fingerprint density at radius 2 is 1.90 bits per heavy atom. The first-order chi connectivity index (χ1) is 9.63. The van der Waals surface area contributed by atoms with Gasteiger partial charge < -0.3 is 14.8 Å². The van der Waals surface area contributed by atoms with E-state index in [1.807, 2.05) is 12.1 Å². The van der Waals surface area contributed by atoms with Gasteiger partial charge in [-0.2, -0.15) is 0 Å². The summed E-state index contributed by atoms with van der Waals surface area (Å²) in [6, 6.07) is 4.14. The maximum Gasteiger partial charge on any atom is 0.162 e. The van der Waals surface area contributed by atoms with Gasteiger partial charge in [-0.1, -0.05) is 20.8 Å². The number of benzene rings is 1. The lowest BCUT2D eigenvalue weighted by Crippen LogP contribution is -2.39. The van der Waals surface area contributed by atoms with Gasteiger partial charge in [-0.05, 0) is 24.1 Å². The first-order valence-corrected chi connectivity index (χ1v) is 8.42. The fourth-order valence-corrected chi connectivity index (χ4v) is 4.56. The molecule has 1 aromatic carbocycles. The number of nitrogens with one attached hydrogen (secondary N) is 1. The molecule has 2 heterocycles. The van der Waals surface area contributed by atoms with Gasteiger partial charge in [0.05, 0.1) is 10.8 Å². The number of hydrogen-bond donors (Lipinski definition) is 1. The van der Waals surface area contributed by atoms with Crippen molar-refractivity contribution in [2.24, 2.45) is 5.92 Å². The third-order valence-corrected chi connectivity index (χ3v) is 6.15. The summed E-state index contributed by atoms with van der Waals surface area (Å²) in [5.41, 5.74) is 1.10. The Morgan fingerprint density at radius 3 is 2.55 bits per heavy atom. The molecule has 4 atom stereocenters. The highest BCUT2D eigenvalue weighted by Gasteiger charge is 2.37. The van der Waals surface area contributed by atoms with Crippen LogP contribution in [-0.4, -0.2) is 29.2 Å². The number of ether oxygens (including phenoxy) is 2. The summed E-state index contributed by atoms with van der Waals surface area (Å²) < 4.78 is 23.9. The van der Waals surface area contributed by atoms with E-state index in [0.29, 0.717) is 19.1 Å². The third kappa shape index (κ3) is 2.13. The molecule has 0 aromatic heterocycles. The topological polar surface area (TPSA) is 47.6 Å². The molecule has 0 bridgehead atoms. The number of rotatable bonds is 2. The van der Waals surface area contributed by atoms with Crippen molar-refractivity contribution < 1.29 is 13.7 Å². The minimum absolute atomic E-state index is 0.133. The normalized spacial score (nSPS) is 31.8. The van der Waals surface area contributed by atoms with Gasteiger partial charge in [0.1, 0.15) is 13.2 Å². The fourth-order valence-electron chi connectivity index (χ4n) is 2.97. The van der Waals surface area contributed by atoms with Crippen molar-refractivity contribution in [2.75, 3.05) is 19.8 Å². The molecule has 0 saturated heterocycles. The van der Waals surface area contributed by atoms with Crippen LogP contribution in [0, 0.1) is 5.92 Å². The average Bonchev–Trinajstić information content (AvgIpc) is 2.48. The number of hydrogen-bond acceptors (Lipinski definition) is 4. The second-order valence-electron chi connectivity index (χ2n) is 5.43. The smallest absolute Gasteiger partial charge is 0.162 e. The summed E-state index contributed by atoms with van der Waals surface area (Å²) in [4.78, 5) is 0.894. The molecule has 1 N–H and O–H groups in total. The zero-order valence-electron chi connectivity index (χ0n) is 12.1. The van der Waals surface area contributed by atoms with Crippen LogP contribution < -0.4 is 14.8 Å². The van der Waals surface area contributed by atoms with Gasteiger partial charge >= 0.3 is 0 Å². The molecule has 20 heavy (non-hydrogen) atoms. The van der Waals surface area contributed by atoms with Crippen LogP contribution in [0.25, 0.3) is 0 Å². The Hall–Kier alpha value is -1.07. The van der Waals surface area contributed by atoms with Gasteiger partial charge in [0.25, 0.3) is 0 Å². The molecule has 0 fully saturated rings. The second-order valence-corrected chi connectivity index (χ2v) is 7.21. The Balaban J connectivity index is 2.11. The SMILES string of the molecule is CCNC1c2cc3c(cc2S(=O)C(C)C1C)OCCO3.